The summed E-state index contributed by atoms with van der Waals surface area (Å²) < 4.78 is 5.04. The zero-order valence-electron chi connectivity index (χ0n) is 12.3. The molecule has 112 valence electrons. The second-order valence-corrected chi connectivity index (χ2v) is 6.85. The van der Waals surface area contributed by atoms with Gasteiger partial charge in [-0.05, 0) is 38.8 Å². The molecule has 1 N–H and O–H groups in total. The first kappa shape index (κ1) is 14.3. The standard InChI is InChI=1S/C15H19N3O2S/c1-9-5-6-13(21-9)11-8-12(11)15(19)16-7-3-4-14-17-10(2)18-20-14/h5-6,11-12H,3-4,7-8H2,1-2H3,(H,16,19)/t11-,12+/m0/s1. The van der Waals surface area contributed by atoms with Gasteiger partial charge < -0.3 is 9.84 Å². The van der Waals surface area contributed by atoms with Crippen LogP contribution in [-0.2, 0) is 11.2 Å². The molecule has 6 heteroatoms. The van der Waals surface area contributed by atoms with Crippen molar-refractivity contribution in [1.82, 2.24) is 15.5 Å². The Labute approximate surface area is 127 Å². The van der Waals surface area contributed by atoms with Crippen molar-refractivity contribution in [3.63, 3.8) is 0 Å². The number of carbonyl (C=O) groups is 1. The Kier molecular flexibility index (Phi) is 4.05. The van der Waals surface area contributed by atoms with Crippen molar-refractivity contribution in [1.29, 1.82) is 0 Å². The second kappa shape index (κ2) is 5.97. The van der Waals surface area contributed by atoms with Crippen molar-refractivity contribution in [3.05, 3.63) is 33.6 Å². The molecule has 1 amide bonds. The number of carbonyl (C=O) groups excluding carboxylic acids is 1. The van der Waals surface area contributed by atoms with Crippen LogP contribution in [0.2, 0.25) is 0 Å². The fourth-order valence-corrected chi connectivity index (χ4v) is 3.53. The smallest absolute Gasteiger partial charge is 0.226 e. The molecular formula is C15H19N3O2S. The van der Waals surface area contributed by atoms with Crippen molar-refractivity contribution in [3.8, 4) is 0 Å². The summed E-state index contributed by atoms with van der Waals surface area (Å²) >= 11 is 1.80. The van der Waals surface area contributed by atoms with Gasteiger partial charge >= 0.3 is 0 Å². The van der Waals surface area contributed by atoms with E-state index in [1.165, 1.54) is 9.75 Å². The zero-order chi connectivity index (χ0) is 14.8. The van der Waals surface area contributed by atoms with Gasteiger partial charge in [-0.15, -0.1) is 11.3 Å². The molecule has 0 unspecified atom stereocenters. The summed E-state index contributed by atoms with van der Waals surface area (Å²) in [4.78, 5) is 18.8. The molecular weight excluding hydrogens is 286 g/mol. The molecule has 2 heterocycles. The molecule has 0 aromatic carbocycles. The topological polar surface area (TPSA) is 68.0 Å². The van der Waals surface area contributed by atoms with Crippen LogP contribution in [0.15, 0.2) is 16.7 Å². The van der Waals surface area contributed by atoms with E-state index in [4.69, 9.17) is 4.52 Å². The van der Waals surface area contributed by atoms with Crippen LogP contribution in [0.4, 0.5) is 0 Å². The number of nitrogens with zero attached hydrogens (tertiary/aromatic N) is 2. The van der Waals surface area contributed by atoms with Crippen LogP contribution in [0.5, 0.6) is 0 Å². The van der Waals surface area contributed by atoms with Crippen LogP contribution >= 0.6 is 11.3 Å². The molecule has 0 aliphatic heterocycles. The molecule has 2 atom stereocenters. The lowest BCUT2D eigenvalue weighted by molar-refractivity contribution is -0.122. The maximum absolute atomic E-state index is 12.1. The van der Waals surface area contributed by atoms with E-state index in [1.54, 1.807) is 18.3 Å². The molecule has 0 spiro atoms. The van der Waals surface area contributed by atoms with Crippen molar-refractivity contribution in [2.24, 2.45) is 5.92 Å². The SMILES string of the molecule is Cc1noc(CCCNC(=O)[C@@H]2C[C@@H]2c2ccc(C)s2)n1. The van der Waals surface area contributed by atoms with Crippen LogP contribution in [-0.4, -0.2) is 22.6 Å². The first-order valence-electron chi connectivity index (χ1n) is 7.26. The molecule has 1 fully saturated rings. The number of aryl methyl sites for hydroxylation is 3. The summed E-state index contributed by atoms with van der Waals surface area (Å²) in [6.07, 6.45) is 2.51. The molecule has 21 heavy (non-hydrogen) atoms. The molecule has 0 radical (unpaired) electrons. The predicted molar refractivity (Wildman–Crippen MR) is 80.3 cm³/mol. The highest BCUT2D eigenvalue weighted by atomic mass is 32.1. The first-order chi connectivity index (χ1) is 10.1. The average Bonchev–Trinajstić information content (AvgIpc) is 2.98. The molecule has 0 bridgehead atoms. The number of amides is 1. The molecule has 1 aliphatic rings. The summed E-state index contributed by atoms with van der Waals surface area (Å²) in [6, 6.07) is 4.27. The van der Waals surface area contributed by atoms with Crippen LogP contribution in [0, 0.1) is 19.8 Å². The number of hydrogen-bond acceptors (Lipinski definition) is 5. The number of thiophene rings is 1. The quantitative estimate of drug-likeness (QED) is 0.833. The minimum Gasteiger partial charge on any atom is -0.356 e. The van der Waals surface area contributed by atoms with Gasteiger partial charge in [-0.2, -0.15) is 4.98 Å². The van der Waals surface area contributed by atoms with Gasteiger partial charge in [0.05, 0.1) is 0 Å². The van der Waals surface area contributed by atoms with Crippen LogP contribution in [0.25, 0.3) is 0 Å². The lowest BCUT2D eigenvalue weighted by Gasteiger charge is -2.03. The molecule has 1 aliphatic carbocycles. The largest absolute Gasteiger partial charge is 0.356 e. The van der Waals surface area contributed by atoms with Crippen molar-refractivity contribution < 1.29 is 9.32 Å². The summed E-state index contributed by atoms with van der Waals surface area (Å²) in [7, 11) is 0. The summed E-state index contributed by atoms with van der Waals surface area (Å²) in [6.45, 7) is 4.56. The fraction of sp³-hybridized carbons (Fsp3) is 0.533. The summed E-state index contributed by atoms with van der Waals surface area (Å²) in [5.41, 5.74) is 0. The molecule has 0 saturated heterocycles. The van der Waals surface area contributed by atoms with E-state index in [0.717, 1.165) is 12.8 Å². The van der Waals surface area contributed by atoms with Crippen molar-refractivity contribution >= 4 is 17.2 Å². The van der Waals surface area contributed by atoms with E-state index in [9.17, 15) is 4.79 Å². The minimum atomic E-state index is 0.161. The minimum absolute atomic E-state index is 0.161. The Balaban J connectivity index is 1.38. The van der Waals surface area contributed by atoms with Gasteiger partial charge in [-0.1, -0.05) is 5.16 Å². The highest BCUT2D eigenvalue weighted by Crippen LogP contribution is 2.49. The number of rotatable bonds is 6. The first-order valence-corrected chi connectivity index (χ1v) is 8.08. The van der Waals surface area contributed by atoms with Crippen molar-refractivity contribution in [2.45, 2.75) is 39.0 Å². The van der Waals surface area contributed by atoms with E-state index in [-0.39, 0.29) is 11.8 Å². The fourth-order valence-electron chi connectivity index (χ4n) is 2.48. The van der Waals surface area contributed by atoms with Gasteiger partial charge in [-0.25, -0.2) is 0 Å². The Morgan fingerprint density at radius 1 is 1.48 bits per heavy atom. The van der Waals surface area contributed by atoms with Gasteiger partial charge in [-0.3, -0.25) is 4.79 Å². The van der Waals surface area contributed by atoms with Gasteiger partial charge in [0.15, 0.2) is 5.82 Å². The Morgan fingerprint density at radius 3 is 3.00 bits per heavy atom. The second-order valence-electron chi connectivity index (χ2n) is 5.53. The third-order valence-electron chi connectivity index (χ3n) is 3.69. The number of hydrogen-bond donors (Lipinski definition) is 1. The molecule has 2 aromatic rings. The van der Waals surface area contributed by atoms with Gasteiger partial charge in [0, 0.05) is 34.6 Å². The third kappa shape index (κ3) is 3.50. The summed E-state index contributed by atoms with van der Waals surface area (Å²) in [5.74, 6) is 2.06. The highest BCUT2D eigenvalue weighted by Gasteiger charge is 2.44. The third-order valence-corrected chi connectivity index (χ3v) is 4.82. The lowest BCUT2D eigenvalue weighted by Crippen LogP contribution is -2.26. The molecule has 2 aromatic heterocycles. The Hall–Kier alpha value is -1.69. The number of nitrogens with one attached hydrogen (secondary N) is 1. The highest BCUT2D eigenvalue weighted by molar-refractivity contribution is 7.12. The van der Waals surface area contributed by atoms with Crippen molar-refractivity contribution in [2.75, 3.05) is 6.54 Å². The maximum atomic E-state index is 12.1. The van der Waals surface area contributed by atoms with Gasteiger partial charge in [0.2, 0.25) is 11.8 Å². The molecule has 1 saturated carbocycles. The van der Waals surface area contributed by atoms with Crippen LogP contribution in [0.3, 0.4) is 0 Å². The number of aromatic nitrogens is 2. The average molecular weight is 305 g/mol. The zero-order valence-corrected chi connectivity index (χ0v) is 13.1. The van der Waals surface area contributed by atoms with E-state index in [1.807, 2.05) is 0 Å². The van der Waals surface area contributed by atoms with Crippen LogP contribution in [0.1, 0.15) is 40.2 Å². The van der Waals surface area contributed by atoms with E-state index in [0.29, 0.717) is 30.6 Å². The molecule has 3 rings (SSSR count). The van der Waals surface area contributed by atoms with Gasteiger partial charge in [0.25, 0.3) is 0 Å². The lowest BCUT2D eigenvalue weighted by atomic mass is 10.2. The molecule has 5 nitrogen and oxygen atoms in total. The van der Waals surface area contributed by atoms with E-state index < -0.39 is 0 Å². The van der Waals surface area contributed by atoms with E-state index >= 15 is 0 Å². The van der Waals surface area contributed by atoms with E-state index in [2.05, 4.69) is 34.5 Å². The maximum Gasteiger partial charge on any atom is 0.226 e. The Morgan fingerprint density at radius 2 is 2.33 bits per heavy atom. The summed E-state index contributed by atoms with van der Waals surface area (Å²) in [5, 5.41) is 6.75. The predicted octanol–water partition coefficient (Wildman–Crippen LogP) is 2.60. The van der Waals surface area contributed by atoms with Gasteiger partial charge in [0.1, 0.15) is 0 Å². The normalized spacial score (nSPS) is 20.5. The monoisotopic (exact) mass is 305 g/mol. The van der Waals surface area contributed by atoms with Crippen LogP contribution < -0.4 is 5.32 Å². The Bertz CT molecular complexity index is 634.